The predicted octanol–water partition coefficient (Wildman–Crippen LogP) is -0.478. The van der Waals surface area contributed by atoms with Crippen LogP contribution in [0.4, 0.5) is 0 Å². The van der Waals surface area contributed by atoms with Gasteiger partial charge in [0.1, 0.15) is 6.54 Å². The molecule has 1 radical (unpaired) electrons. The Morgan fingerprint density at radius 2 is 2.31 bits per heavy atom. The van der Waals surface area contributed by atoms with Gasteiger partial charge in [-0.15, -0.1) is 10.2 Å². The fourth-order valence-corrected chi connectivity index (χ4v) is 2.69. The summed E-state index contributed by atoms with van der Waals surface area (Å²) in [5.41, 5.74) is 2.33. The summed E-state index contributed by atoms with van der Waals surface area (Å²) in [6, 6.07) is 0. The molecule has 0 atom stereocenters. The van der Waals surface area contributed by atoms with Gasteiger partial charge >= 0.3 is 5.97 Å². The second-order valence-electron chi connectivity index (χ2n) is 2.73. The Hall–Kier alpha value is -1.06. The zero-order valence-corrected chi connectivity index (χ0v) is 10.3. The number of ether oxygens (including phenoxy) is 1. The molecule has 0 unspecified atom stereocenters. The Morgan fingerprint density at radius 1 is 1.62 bits per heavy atom. The van der Waals surface area contributed by atoms with Crippen molar-refractivity contribution in [1.29, 1.82) is 0 Å². The fourth-order valence-electron chi connectivity index (χ4n) is 0.852. The zero-order valence-electron chi connectivity index (χ0n) is 8.71. The van der Waals surface area contributed by atoms with Crippen LogP contribution < -0.4 is 0 Å². The molecule has 0 saturated carbocycles. The topological polar surface area (TPSA) is 89.5 Å². The van der Waals surface area contributed by atoms with Crippen LogP contribution >= 0.6 is 11.3 Å². The van der Waals surface area contributed by atoms with E-state index < -0.39 is 16.0 Å². The second-order valence-corrected chi connectivity index (χ2v) is 5.72. The summed E-state index contributed by atoms with van der Waals surface area (Å²) in [6.07, 6.45) is 0. The molecule has 1 aromatic heterocycles. The van der Waals surface area contributed by atoms with Crippen LogP contribution in [0.2, 0.25) is 0 Å². The highest BCUT2D eigenvalue weighted by Crippen LogP contribution is 2.14. The molecular formula is C7H10N3O4S2. The first-order chi connectivity index (χ1) is 7.48. The van der Waals surface area contributed by atoms with Crippen molar-refractivity contribution in [3.05, 3.63) is 5.51 Å². The van der Waals surface area contributed by atoms with Gasteiger partial charge in [-0.3, -0.25) is 4.79 Å². The summed E-state index contributed by atoms with van der Waals surface area (Å²) in [5, 5.41) is 6.70. The molecule has 0 amide bonds. The molecular weight excluding hydrogens is 254 g/mol. The van der Waals surface area contributed by atoms with Crippen molar-refractivity contribution >= 4 is 27.3 Å². The maximum absolute atomic E-state index is 11.7. The molecule has 0 aromatic carbocycles. The van der Waals surface area contributed by atoms with Crippen molar-refractivity contribution < 1.29 is 17.9 Å². The highest BCUT2D eigenvalue weighted by atomic mass is 32.2. The van der Waals surface area contributed by atoms with Crippen LogP contribution in [0.25, 0.3) is 0 Å². The Labute approximate surface area is 97.1 Å². The Bertz CT molecular complexity index is 442. The summed E-state index contributed by atoms with van der Waals surface area (Å²) in [4.78, 5) is 11.1. The van der Waals surface area contributed by atoms with Crippen molar-refractivity contribution in [2.75, 3.05) is 20.2 Å². The van der Waals surface area contributed by atoms with Gasteiger partial charge in [0.25, 0.3) is 10.0 Å². The lowest BCUT2D eigenvalue weighted by molar-refractivity contribution is -0.143. The van der Waals surface area contributed by atoms with Crippen molar-refractivity contribution in [3.8, 4) is 0 Å². The number of carbonyl (C=O) groups is 1. The standard InChI is InChI=1S/C7H10N3O4S2/c1-3-14-6(11)4-10(2)16(12,13)7-9-8-5-15-7/h3-4H2,1-2H3. The maximum Gasteiger partial charge on any atom is 0.321 e. The van der Waals surface area contributed by atoms with Gasteiger partial charge in [0, 0.05) is 7.05 Å². The van der Waals surface area contributed by atoms with E-state index in [0.717, 1.165) is 15.6 Å². The third-order valence-corrected chi connectivity index (χ3v) is 4.38. The quantitative estimate of drug-likeness (QED) is 0.667. The second kappa shape index (κ2) is 5.32. The molecule has 1 rings (SSSR count). The minimum absolute atomic E-state index is 0.195. The fraction of sp³-hybridized carbons (Fsp3) is 0.571. The van der Waals surface area contributed by atoms with Crippen LogP contribution in [0.5, 0.6) is 0 Å². The van der Waals surface area contributed by atoms with E-state index in [9.17, 15) is 13.2 Å². The summed E-state index contributed by atoms with van der Waals surface area (Å²) in [6.45, 7) is 1.50. The van der Waals surface area contributed by atoms with Crippen LogP contribution in [0.1, 0.15) is 6.92 Å². The number of carbonyl (C=O) groups excluding carboxylic acids is 1. The SMILES string of the molecule is CCOC(=O)CN(C)S(=O)(=O)c1nn[c]s1. The van der Waals surface area contributed by atoms with Gasteiger partial charge in [0.05, 0.1) is 6.61 Å². The van der Waals surface area contributed by atoms with E-state index in [2.05, 4.69) is 20.4 Å². The van der Waals surface area contributed by atoms with Gasteiger partial charge in [-0.1, -0.05) is 11.3 Å². The third kappa shape index (κ3) is 2.97. The smallest absolute Gasteiger partial charge is 0.321 e. The first-order valence-corrected chi connectivity index (χ1v) is 6.55. The number of hydrogen-bond acceptors (Lipinski definition) is 7. The molecule has 0 fully saturated rings. The lowest BCUT2D eigenvalue weighted by atomic mass is 10.6. The summed E-state index contributed by atoms with van der Waals surface area (Å²) in [5.74, 6) is -0.609. The maximum atomic E-state index is 11.7. The van der Waals surface area contributed by atoms with Gasteiger partial charge in [-0.05, 0) is 6.92 Å². The minimum Gasteiger partial charge on any atom is -0.465 e. The normalized spacial score (nSPS) is 11.7. The van der Waals surface area contributed by atoms with E-state index >= 15 is 0 Å². The number of rotatable bonds is 5. The lowest BCUT2D eigenvalue weighted by Gasteiger charge is -2.13. The number of nitrogens with zero attached hydrogens (tertiary/aromatic N) is 3. The lowest BCUT2D eigenvalue weighted by Crippen LogP contribution is -2.33. The van der Waals surface area contributed by atoms with E-state index in [0.29, 0.717) is 0 Å². The average molecular weight is 264 g/mol. The zero-order chi connectivity index (χ0) is 12.2. The van der Waals surface area contributed by atoms with Crippen LogP contribution in [0.15, 0.2) is 4.34 Å². The minimum atomic E-state index is -3.76. The van der Waals surface area contributed by atoms with Crippen LogP contribution in [-0.4, -0.2) is 49.1 Å². The summed E-state index contributed by atoms with van der Waals surface area (Å²) in [7, 11) is -2.49. The molecule has 1 heterocycles. The van der Waals surface area contributed by atoms with E-state index in [4.69, 9.17) is 0 Å². The van der Waals surface area contributed by atoms with E-state index in [1.54, 1.807) is 6.92 Å². The monoisotopic (exact) mass is 264 g/mol. The van der Waals surface area contributed by atoms with Gasteiger partial charge in [-0.2, -0.15) is 4.31 Å². The number of sulfonamides is 1. The summed E-state index contributed by atoms with van der Waals surface area (Å²) < 4.78 is 28.8. The summed E-state index contributed by atoms with van der Waals surface area (Å²) >= 11 is 0.770. The van der Waals surface area contributed by atoms with Gasteiger partial charge in [0.2, 0.25) is 4.34 Å². The average Bonchev–Trinajstić information content (AvgIpc) is 2.70. The van der Waals surface area contributed by atoms with Crippen molar-refractivity contribution in [3.63, 3.8) is 0 Å². The molecule has 89 valence electrons. The molecule has 0 spiro atoms. The van der Waals surface area contributed by atoms with Gasteiger partial charge < -0.3 is 4.74 Å². The molecule has 1 aromatic rings. The third-order valence-electron chi connectivity index (χ3n) is 1.59. The Morgan fingerprint density at radius 3 is 2.81 bits per heavy atom. The molecule has 0 N–H and O–H groups in total. The van der Waals surface area contributed by atoms with Crippen LogP contribution in [0, 0.1) is 5.51 Å². The van der Waals surface area contributed by atoms with E-state index in [-0.39, 0.29) is 17.5 Å². The highest BCUT2D eigenvalue weighted by Gasteiger charge is 2.26. The Kier molecular flexibility index (Phi) is 4.33. The van der Waals surface area contributed by atoms with Crippen molar-refractivity contribution in [1.82, 2.24) is 14.5 Å². The first kappa shape index (κ1) is 13.0. The Balaban J connectivity index is 2.74. The highest BCUT2D eigenvalue weighted by molar-refractivity contribution is 7.91. The molecule has 0 aliphatic rings. The van der Waals surface area contributed by atoms with E-state index in [1.165, 1.54) is 7.05 Å². The molecule has 0 bridgehead atoms. The van der Waals surface area contributed by atoms with Gasteiger partial charge in [-0.25, -0.2) is 8.42 Å². The first-order valence-electron chi connectivity index (χ1n) is 4.30. The van der Waals surface area contributed by atoms with Crippen molar-refractivity contribution in [2.24, 2.45) is 0 Å². The molecule has 16 heavy (non-hydrogen) atoms. The van der Waals surface area contributed by atoms with Crippen molar-refractivity contribution in [2.45, 2.75) is 11.3 Å². The number of esters is 1. The van der Waals surface area contributed by atoms with Crippen LogP contribution in [-0.2, 0) is 19.6 Å². The number of aromatic nitrogens is 2. The molecule has 0 saturated heterocycles. The molecule has 0 aliphatic carbocycles. The number of likely N-dealkylation sites (N-methyl/N-ethyl adjacent to an activating group) is 1. The largest absolute Gasteiger partial charge is 0.465 e. The van der Waals surface area contributed by atoms with Gasteiger partial charge in [0.15, 0.2) is 5.51 Å². The molecule has 0 aliphatic heterocycles. The van der Waals surface area contributed by atoms with Crippen LogP contribution in [0.3, 0.4) is 0 Å². The molecule has 9 heteroatoms. The molecule has 7 nitrogen and oxygen atoms in total. The number of hydrogen-bond donors (Lipinski definition) is 0. The van der Waals surface area contributed by atoms with E-state index in [1.807, 2.05) is 0 Å². The predicted molar refractivity (Wildman–Crippen MR) is 55.2 cm³/mol.